The van der Waals surface area contributed by atoms with Gasteiger partial charge in [-0.05, 0) is 123 Å². The molecule has 2 fully saturated rings. The molecule has 0 spiro atoms. The van der Waals surface area contributed by atoms with E-state index in [-0.39, 0.29) is 0 Å². The highest BCUT2D eigenvalue weighted by atomic mass is 15.2. The van der Waals surface area contributed by atoms with E-state index in [2.05, 4.69) is 45.5 Å². The van der Waals surface area contributed by atoms with Crippen molar-refractivity contribution >= 4 is 21.8 Å². The van der Waals surface area contributed by atoms with E-state index in [1.807, 2.05) is 0 Å². The summed E-state index contributed by atoms with van der Waals surface area (Å²) in [6.45, 7) is 0. The first kappa shape index (κ1) is 22.3. The van der Waals surface area contributed by atoms with Gasteiger partial charge in [0, 0.05) is 33.2 Å². The quantitative estimate of drug-likeness (QED) is 0.258. The van der Waals surface area contributed by atoms with Crippen LogP contribution in [0.5, 0.6) is 0 Å². The number of hydrogen-bond donors (Lipinski definition) is 0. The summed E-state index contributed by atoms with van der Waals surface area (Å²) in [7, 11) is 0. The van der Waals surface area contributed by atoms with E-state index in [9.17, 15) is 0 Å². The van der Waals surface area contributed by atoms with Gasteiger partial charge in [0.15, 0.2) is 0 Å². The minimum absolute atomic E-state index is 0.519. The molecule has 0 radical (unpaired) electrons. The second-order valence-electron chi connectivity index (χ2n) is 13.5. The van der Waals surface area contributed by atoms with E-state index in [4.69, 9.17) is 0 Å². The van der Waals surface area contributed by atoms with E-state index >= 15 is 0 Å². The molecule has 2 atom stereocenters. The van der Waals surface area contributed by atoms with Gasteiger partial charge >= 0.3 is 0 Å². The van der Waals surface area contributed by atoms with Gasteiger partial charge in [0.1, 0.15) is 0 Å². The molecule has 2 heteroatoms. The maximum Gasteiger partial charge on any atom is 0.0744 e. The minimum atomic E-state index is 0.519. The average Bonchev–Trinajstić information content (AvgIpc) is 3.51. The van der Waals surface area contributed by atoms with E-state index in [0.29, 0.717) is 12.1 Å². The predicted octanol–water partition coefficient (Wildman–Crippen LogP) is 9.86. The van der Waals surface area contributed by atoms with Crippen molar-refractivity contribution in [3.05, 3.63) is 70.0 Å². The SMILES string of the molecule is c1cc2c(cc1C1CCCCC1)c1c3n2C2CCCc4c2n(c2ccc(C5CCCCC5)cc42)C3CCC1. The summed E-state index contributed by atoms with van der Waals surface area (Å²) in [5.41, 5.74) is 13.1. The van der Waals surface area contributed by atoms with Crippen molar-refractivity contribution < 1.29 is 0 Å². The normalized spacial score (nSPS) is 25.6. The summed E-state index contributed by atoms with van der Waals surface area (Å²) in [6.07, 6.45) is 21.9. The summed E-state index contributed by atoms with van der Waals surface area (Å²) >= 11 is 0. The van der Waals surface area contributed by atoms with E-state index in [0.717, 1.165) is 11.8 Å². The number of aryl methyl sites for hydroxylation is 2. The van der Waals surface area contributed by atoms with Gasteiger partial charge in [0.25, 0.3) is 0 Å². The standard InChI is InChI=1S/C36H42N2/c1-3-9-23(10-4-1)25-17-19-31-29(21-25)27-13-7-15-33-35(27)37(31)34-16-8-14-28-30-22-26(24-11-5-2-6-12-24)18-20-32(30)38(33)36(28)34/h17-24,33-34H,1-16H2. The third-order valence-corrected chi connectivity index (χ3v) is 11.6. The fourth-order valence-corrected chi connectivity index (χ4v) is 9.86. The van der Waals surface area contributed by atoms with Gasteiger partial charge in [0.05, 0.1) is 12.1 Å². The predicted molar refractivity (Wildman–Crippen MR) is 158 cm³/mol. The second-order valence-corrected chi connectivity index (χ2v) is 13.5. The summed E-state index contributed by atoms with van der Waals surface area (Å²) in [5.74, 6) is 1.57. The lowest BCUT2D eigenvalue weighted by atomic mass is 9.83. The molecule has 0 bridgehead atoms. The Kier molecular flexibility index (Phi) is 5.00. The van der Waals surface area contributed by atoms with Crippen molar-refractivity contribution in [3.63, 3.8) is 0 Å². The van der Waals surface area contributed by atoms with Gasteiger partial charge in [-0.2, -0.15) is 0 Å². The maximum absolute atomic E-state index is 2.87. The van der Waals surface area contributed by atoms with Crippen LogP contribution in [0.3, 0.4) is 0 Å². The highest BCUT2D eigenvalue weighted by Gasteiger charge is 2.42. The van der Waals surface area contributed by atoms with Crippen molar-refractivity contribution in [2.75, 3.05) is 0 Å². The summed E-state index contributed by atoms with van der Waals surface area (Å²) in [5, 5.41) is 3.21. The highest BCUT2D eigenvalue weighted by Crippen LogP contribution is 2.53. The lowest BCUT2D eigenvalue weighted by molar-refractivity contribution is 0.359. The van der Waals surface area contributed by atoms with Gasteiger partial charge in [0.2, 0.25) is 0 Å². The molecule has 2 aromatic carbocycles. The van der Waals surface area contributed by atoms with Gasteiger partial charge in [-0.15, -0.1) is 0 Å². The van der Waals surface area contributed by atoms with Gasteiger partial charge in [-0.1, -0.05) is 50.7 Å². The topological polar surface area (TPSA) is 9.86 Å². The first-order valence-corrected chi connectivity index (χ1v) is 16.2. The van der Waals surface area contributed by atoms with Crippen molar-refractivity contribution in [3.8, 4) is 0 Å². The first-order chi connectivity index (χ1) is 18.9. The monoisotopic (exact) mass is 502 g/mol. The minimum Gasteiger partial charge on any atom is -0.333 e. The summed E-state index contributed by atoms with van der Waals surface area (Å²) in [4.78, 5) is 0. The fraction of sp³-hybridized carbons (Fsp3) is 0.556. The Bertz CT molecular complexity index is 1430. The Balaban J connectivity index is 1.24. The Morgan fingerprint density at radius 1 is 0.474 bits per heavy atom. The van der Waals surface area contributed by atoms with Crippen LogP contribution in [0.1, 0.15) is 147 Å². The molecule has 2 saturated carbocycles. The molecule has 4 aliphatic carbocycles. The van der Waals surface area contributed by atoms with Crippen LogP contribution >= 0.6 is 0 Å². The van der Waals surface area contributed by atoms with E-state index in [1.54, 1.807) is 55.4 Å². The molecule has 196 valence electrons. The zero-order chi connectivity index (χ0) is 24.8. The van der Waals surface area contributed by atoms with E-state index in [1.165, 1.54) is 103 Å². The molecule has 3 heterocycles. The fourth-order valence-electron chi connectivity index (χ4n) is 9.86. The molecule has 2 unspecified atom stereocenters. The molecular formula is C36H42N2. The van der Waals surface area contributed by atoms with Crippen LogP contribution in [0.15, 0.2) is 36.4 Å². The van der Waals surface area contributed by atoms with Crippen molar-refractivity contribution in [1.29, 1.82) is 0 Å². The molecule has 4 aromatic rings. The van der Waals surface area contributed by atoms with Crippen molar-refractivity contribution in [1.82, 2.24) is 9.13 Å². The lowest BCUT2D eigenvalue weighted by Gasteiger charge is -2.40. The molecule has 9 rings (SSSR count). The molecule has 38 heavy (non-hydrogen) atoms. The number of hydrogen-bond acceptors (Lipinski definition) is 0. The average molecular weight is 503 g/mol. The van der Waals surface area contributed by atoms with Crippen LogP contribution in [-0.4, -0.2) is 9.13 Å². The Morgan fingerprint density at radius 3 is 1.37 bits per heavy atom. The smallest absolute Gasteiger partial charge is 0.0744 e. The number of aromatic nitrogens is 2. The van der Waals surface area contributed by atoms with E-state index < -0.39 is 0 Å². The Hall–Kier alpha value is -2.48. The van der Waals surface area contributed by atoms with Crippen LogP contribution in [0.2, 0.25) is 0 Å². The number of rotatable bonds is 2. The van der Waals surface area contributed by atoms with Crippen molar-refractivity contribution in [2.24, 2.45) is 0 Å². The molecule has 0 N–H and O–H groups in total. The molecule has 2 aromatic heterocycles. The van der Waals surface area contributed by atoms with Gasteiger partial charge in [-0.3, -0.25) is 0 Å². The third-order valence-electron chi connectivity index (χ3n) is 11.6. The molecule has 1 aliphatic heterocycles. The third kappa shape index (κ3) is 3.07. The largest absolute Gasteiger partial charge is 0.333 e. The van der Waals surface area contributed by atoms with Crippen LogP contribution in [0.4, 0.5) is 0 Å². The number of fused-ring (bicyclic) bond motifs is 8. The second kappa shape index (κ2) is 8.51. The Labute approximate surface area is 227 Å². The zero-order valence-electron chi connectivity index (χ0n) is 23.0. The van der Waals surface area contributed by atoms with Crippen LogP contribution in [0, 0.1) is 0 Å². The van der Waals surface area contributed by atoms with Crippen LogP contribution in [-0.2, 0) is 12.8 Å². The van der Waals surface area contributed by atoms with Gasteiger partial charge < -0.3 is 9.13 Å². The summed E-state index contributed by atoms with van der Waals surface area (Å²) in [6, 6.07) is 16.5. The molecule has 5 aliphatic rings. The zero-order valence-corrected chi connectivity index (χ0v) is 23.0. The van der Waals surface area contributed by atoms with Crippen LogP contribution in [0.25, 0.3) is 21.8 Å². The highest BCUT2D eigenvalue weighted by molar-refractivity contribution is 5.91. The number of benzene rings is 2. The van der Waals surface area contributed by atoms with Crippen LogP contribution < -0.4 is 0 Å². The van der Waals surface area contributed by atoms with Gasteiger partial charge in [-0.25, -0.2) is 0 Å². The summed E-state index contributed by atoms with van der Waals surface area (Å²) < 4.78 is 5.75. The molecule has 0 saturated heterocycles. The number of nitrogens with zero attached hydrogens (tertiary/aromatic N) is 2. The Morgan fingerprint density at radius 2 is 0.921 bits per heavy atom. The molecule has 2 nitrogen and oxygen atoms in total. The van der Waals surface area contributed by atoms with Crippen molar-refractivity contribution in [2.45, 2.75) is 127 Å². The maximum atomic E-state index is 2.87. The first-order valence-electron chi connectivity index (χ1n) is 16.2. The molecular weight excluding hydrogens is 460 g/mol. The molecule has 0 amide bonds. The lowest BCUT2D eigenvalue weighted by Crippen LogP contribution is -2.32.